The van der Waals surface area contributed by atoms with E-state index in [9.17, 15) is 4.79 Å². The number of nitrogens with zero attached hydrogens (tertiary/aromatic N) is 1. The van der Waals surface area contributed by atoms with Gasteiger partial charge in [0.1, 0.15) is 6.07 Å². The molecule has 1 aliphatic rings. The number of benzene rings is 1. The monoisotopic (exact) mass is 205 g/mol. The smallest absolute Gasteiger partial charge is 0.165 e. The second-order valence-electron chi connectivity index (χ2n) is 3.44. The minimum atomic E-state index is 0.137. The minimum absolute atomic E-state index is 0.137. The molecule has 0 atom stereocenters. The standard InChI is InChI=1S/C11H8ClNO/c12-10-4-3-8(5-9(10)6-13)11(14)7-1-2-7/h3-5,7H,1-2H2. The van der Waals surface area contributed by atoms with Crippen LogP contribution in [0.15, 0.2) is 18.2 Å². The molecule has 2 nitrogen and oxygen atoms in total. The molecule has 3 heteroatoms. The fourth-order valence-electron chi connectivity index (χ4n) is 1.35. The highest BCUT2D eigenvalue weighted by atomic mass is 35.5. The van der Waals surface area contributed by atoms with Gasteiger partial charge in [-0.2, -0.15) is 5.26 Å². The van der Waals surface area contributed by atoms with Gasteiger partial charge in [0.25, 0.3) is 0 Å². The average Bonchev–Trinajstić information content (AvgIpc) is 3.01. The highest BCUT2D eigenvalue weighted by Crippen LogP contribution is 2.33. The van der Waals surface area contributed by atoms with Gasteiger partial charge in [-0.15, -0.1) is 0 Å². The maximum absolute atomic E-state index is 11.6. The number of hydrogen-bond donors (Lipinski definition) is 0. The van der Waals surface area contributed by atoms with Crippen LogP contribution in [0.1, 0.15) is 28.8 Å². The first-order chi connectivity index (χ1) is 6.72. The largest absolute Gasteiger partial charge is 0.294 e. The molecule has 1 aromatic rings. The van der Waals surface area contributed by atoms with E-state index in [1.54, 1.807) is 18.2 Å². The molecule has 0 amide bonds. The first-order valence-corrected chi connectivity index (χ1v) is 4.84. The highest BCUT2D eigenvalue weighted by Gasteiger charge is 2.30. The van der Waals surface area contributed by atoms with Crippen LogP contribution in [-0.4, -0.2) is 5.78 Å². The van der Waals surface area contributed by atoms with Gasteiger partial charge >= 0.3 is 0 Å². The van der Waals surface area contributed by atoms with E-state index in [0.29, 0.717) is 16.1 Å². The van der Waals surface area contributed by atoms with Crippen molar-refractivity contribution < 1.29 is 4.79 Å². The molecule has 14 heavy (non-hydrogen) atoms. The lowest BCUT2D eigenvalue weighted by atomic mass is 10.0. The zero-order valence-corrected chi connectivity index (χ0v) is 8.21. The van der Waals surface area contributed by atoms with Crippen molar-refractivity contribution in [1.82, 2.24) is 0 Å². The van der Waals surface area contributed by atoms with Crippen LogP contribution < -0.4 is 0 Å². The van der Waals surface area contributed by atoms with Crippen LogP contribution in [0.2, 0.25) is 5.02 Å². The Hall–Kier alpha value is -1.33. The van der Waals surface area contributed by atoms with E-state index in [2.05, 4.69) is 0 Å². The molecule has 0 unspecified atom stereocenters. The van der Waals surface area contributed by atoms with Gasteiger partial charge in [-0.1, -0.05) is 11.6 Å². The summed E-state index contributed by atoms with van der Waals surface area (Å²) in [5.41, 5.74) is 0.978. The van der Waals surface area contributed by atoms with Crippen molar-refractivity contribution >= 4 is 17.4 Å². The summed E-state index contributed by atoms with van der Waals surface area (Å²) >= 11 is 5.76. The summed E-state index contributed by atoms with van der Waals surface area (Å²) in [5.74, 6) is 0.320. The van der Waals surface area contributed by atoms with E-state index >= 15 is 0 Å². The van der Waals surface area contributed by atoms with Gasteiger partial charge in [0.15, 0.2) is 5.78 Å². The lowest BCUT2D eigenvalue weighted by Gasteiger charge is -2.00. The Morgan fingerprint density at radius 1 is 1.50 bits per heavy atom. The fraction of sp³-hybridized carbons (Fsp3) is 0.273. The molecule has 1 aromatic carbocycles. The molecule has 0 N–H and O–H groups in total. The Balaban J connectivity index is 2.35. The molecule has 0 radical (unpaired) electrons. The Bertz CT molecular complexity index is 429. The molecule has 0 heterocycles. The Morgan fingerprint density at radius 3 is 2.79 bits per heavy atom. The Labute approximate surface area is 87.1 Å². The fourth-order valence-corrected chi connectivity index (χ4v) is 1.51. The van der Waals surface area contributed by atoms with Crippen LogP contribution in [0.4, 0.5) is 0 Å². The predicted molar refractivity (Wildman–Crippen MR) is 53.2 cm³/mol. The number of hydrogen-bond acceptors (Lipinski definition) is 2. The minimum Gasteiger partial charge on any atom is -0.294 e. The molecular weight excluding hydrogens is 198 g/mol. The van der Waals surface area contributed by atoms with Crippen LogP contribution >= 0.6 is 11.6 Å². The molecule has 1 fully saturated rings. The van der Waals surface area contributed by atoms with E-state index in [0.717, 1.165) is 12.8 Å². The van der Waals surface area contributed by atoms with Gasteiger partial charge in [0.05, 0.1) is 10.6 Å². The number of rotatable bonds is 2. The second-order valence-corrected chi connectivity index (χ2v) is 3.85. The molecule has 1 aliphatic carbocycles. The summed E-state index contributed by atoms with van der Waals surface area (Å²) in [6.45, 7) is 0. The molecular formula is C11H8ClNO. The van der Waals surface area contributed by atoms with Gasteiger partial charge in [-0.3, -0.25) is 4.79 Å². The zero-order valence-electron chi connectivity index (χ0n) is 7.46. The third-order valence-electron chi connectivity index (χ3n) is 2.32. The quantitative estimate of drug-likeness (QED) is 0.697. The van der Waals surface area contributed by atoms with E-state index in [-0.39, 0.29) is 11.7 Å². The number of halogens is 1. The first-order valence-electron chi connectivity index (χ1n) is 4.46. The van der Waals surface area contributed by atoms with Crippen molar-refractivity contribution in [1.29, 1.82) is 5.26 Å². The third kappa shape index (κ3) is 1.64. The van der Waals surface area contributed by atoms with Gasteiger partial charge in [0, 0.05) is 11.5 Å². The molecule has 0 saturated heterocycles. The van der Waals surface area contributed by atoms with E-state index in [4.69, 9.17) is 16.9 Å². The summed E-state index contributed by atoms with van der Waals surface area (Å²) in [4.78, 5) is 11.6. The molecule has 70 valence electrons. The van der Waals surface area contributed by atoms with Crippen molar-refractivity contribution in [3.05, 3.63) is 34.3 Å². The summed E-state index contributed by atoms with van der Waals surface area (Å²) in [6, 6.07) is 6.83. The Morgan fingerprint density at radius 2 is 2.21 bits per heavy atom. The van der Waals surface area contributed by atoms with Gasteiger partial charge in [0.2, 0.25) is 0 Å². The SMILES string of the molecule is N#Cc1cc(C(=O)C2CC2)ccc1Cl. The number of Topliss-reactive ketones (excluding diaryl/α,β-unsaturated/α-hetero) is 1. The maximum Gasteiger partial charge on any atom is 0.165 e. The van der Waals surface area contributed by atoms with Crippen LogP contribution in [0.25, 0.3) is 0 Å². The zero-order chi connectivity index (χ0) is 10.1. The van der Waals surface area contributed by atoms with E-state index in [1.165, 1.54) is 0 Å². The molecule has 0 bridgehead atoms. The van der Waals surface area contributed by atoms with Gasteiger partial charge in [-0.25, -0.2) is 0 Å². The van der Waals surface area contributed by atoms with Crippen molar-refractivity contribution in [2.24, 2.45) is 5.92 Å². The summed E-state index contributed by atoms with van der Waals surface area (Å²) in [7, 11) is 0. The van der Waals surface area contributed by atoms with Crippen LogP contribution in [0.5, 0.6) is 0 Å². The van der Waals surface area contributed by atoms with Crippen molar-refractivity contribution in [3.63, 3.8) is 0 Å². The maximum atomic E-state index is 11.6. The van der Waals surface area contributed by atoms with Crippen molar-refractivity contribution in [3.8, 4) is 6.07 Å². The lowest BCUT2D eigenvalue weighted by molar-refractivity contribution is 0.0967. The summed E-state index contributed by atoms with van der Waals surface area (Å²) < 4.78 is 0. The Kier molecular flexibility index (Phi) is 2.26. The normalized spacial score (nSPS) is 14.9. The highest BCUT2D eigenvalue weighted by molar-refractivity contribution is 6.31. The first kappa shape index (κ1) is 9.23. The number of carbonyl (C=O) groups excluding carboxylic acids is 1. The predicted octanol–water partition coefficient (Wildman–Crippen LogP) is 2.80. The molecule has 1 saturated carbocycles. The topological polar surface area (TPSA) is 40.9 Å². The van der Waals surface area contributed by atoms with Crippen molar-refractivity contribution in [2.45, 2.75) is 12.8 Å². The van der Waals surface area contributed by atoms with Crippen molar-refractivity contribution in [2.75, 3.05) is 0 Å². The van der Waals surface area contributed by atoms with Crippen LogP contribution in [0, 0.1) is 17.2 Å². The van der Waals surface area contributed by atoms with Crippen LogP contribution in [-0.2, 0) is 0 Å². The van der Waals surface area contributed by atoms with Gasteiger partial charge in [-0.05, 0) is 31.0 Å². The second kappa shape index (κ2) is 3.43. The molecule has 0 aromatic heterocycles. The van der Waals surface area contributed by atoms with Crippen LogP contribution in [0.3, 0.4) is 0 Å². The molecule has 0 spiro atoms. The summed E-state index contributed by atoms with van der Waals surface area (Å²) in [6.07, 6.45) is 1.95. The lowest BCUT2D eigenvalue weighted by Crippen LogP contribution is -2.01. The molecule has 2 rings (SSSR count). The van der Waals surface area contributed by atoms with Gasteiger partial charge < -0.3 is 0 Å². The molecule has 0 aliphatic heterocycles. The third-order valence-corrected chi connectivity index (χ3v) is 2.65. The number of carbonyl (C=O) groups is 1. The summed E-state index contributed by atoms with van der Waals surface area (Å²) in [5, 5.41) is 9.14. The van der Waals surface area contributed by atoms with E-state index in [1.807, 2.05) is 6.07 Å². The number of ketones is 1. The number of nitriles is 1. The average molecular weight is 206 g/mol. The van der Waals surface area contributed by atoms with E-state index < -0.39 is 0 Å².